The minimum absolute atomic E-state index is 0.108. The van der Waals surface area contributed by atoms with Crippen molar-refractivity contribution in [3.05, 3.63) is 28.1 Å². The molecule has 0 aliphatic heterocycles. The maximum absolute atomic E-state index is 12.3. The Kier molecular flexibility index (Phi) is 4.44. The third kappa shape index (κ3) is 3.27. The van der Waals surface area contributed by atoms with Gasteiger partial charge in [-0.25, -0.2) is 4.98 Å². The maximum atomic E-state index is 12.3. The van der Waals surface area contributed by atoms with E-state index in [1.54, 1.807) is 11.4 Å². The summed E-state index contributed by atoms with van der Waals surface area (Å²) in [5, 5.41) is 14.2. The van der Waals surface area contributed by atoms with E-state index in [0.717, 1.165) is 25.7 Å². The third-order valence-corrected chi connectivity index (χ3v) is 5.19. The number of carbonyl (C=O) groups excluding carboxylic acids is 1. The van der Waals surface area contributed by atoms with Gasteiger partial charge in [0.1, 0.15) is 16.8 Å². The molecule has 1 N–H and O–H groups in total. The van der Waals surface area contributed by atoms with Crippen molar-refractivity contribution in [2.45, 2.75) is 50.6 Å². The number of carbonyl (C=O) groups is 1. The van der Waals surface area contributed by atoms with Gasteiger partial charge in [0, 0.05) is 0 Å². The zero-order chi connectivity index (χ0) is 16.3. The van der Waals surface area contributed by atoms with E-state index in [2.05, 4.69) is 16.4 Å². The molecule has 0 spiro atoms. The summed E-state index contributed by atoms with van der Waals surface area (Å²) in [4.78, 5) is 28.8. The summed E-state index contributed by atoms with van der Waals surface area (Å²) in [5.41, 5.74) is -0.363. The van der Waals surface area contributed by atoms with Crippen LogP contribution in [0.2, 0.25) is 0 Å². The molecule has 3 rings (SSSR count). The van der Waals surface area contributed by atoms with Gasteiger partial charge >= 0.3 is 0 Å². The van der Waals surface area contributed by atoms with E-state index in [4.69, 9.17) is 0 Å². The lowest BCUT2D eigenvalue weighted by molar-refractivity contribution is -0.123. The van der Waals surface area contributed by atoms with Crippen molar-refractivity contribution >= 4 is 27.5 Å². The highest BCUT2D eigenvalue weighted by atomic mass is 32.1. The van der Waals surface area contributed by atoms with Gasteiger partial charge in [-0.3, -0.25) is 14.2 Å². The second-order valence-corrected chi connectivity index (χ2v) is 6.89. The van der Waals surface area contributed by atoms with Gasteiger partial charge in [0.15, 0.2) is 0 Å². The molecule has 1 aliphatic carbocycles. The zero-order valence-corrected chi connectivity index (χ0v) is 13.6. The highest BCUT2D eigenvalue weighted by Crippen LogP contribution is 2.26. The molecule has 1 fully saturated rings. The second kappa shape index (κ2) is 6.50. The van der Waals surface area contributed by atoms with Gasteiger partial charge in [0.05, 0.1) is 17.9 Å². The number of thiophene rings is 1. The predicted octanol–water partition coefficient (Wildman–Crippen LogP) is 2.19. The molecule has 7 heteroatoms. The van der Waals surface area contributed by atoms with Crippen LogP contribution in [0.3, 0.4) is 0 Å². The van der Waals surface area contributed by atoms with Crippen LogP contribution >= 0.6 is 11.3 Å². The van der Waals surface area contributed by atoms with Gasteiger partial charge in [-0.1, -0.05) is 25.7 Å². The van der Waals surface area contributed by atoms with Crippen LogP contribution in [0.4, 0.5) is 0 Å². The number of fused-ring (bicyclic) bond motifs is 1. The summed E-state index contributed by atoms with van der Waals surface area (Å²) in [6, 6.07) is 4.06. The van der Waals surface area contributed by atoms with Crippen LogP contribution in [0, 0.1) is 11.3 Å². The Morgan fingerprint density at radius 2 is 2.13 bits per heavy atom. The van der Waals surface area contributed by atoms with Crippen LogP contribution in [0.5, 0.6) is 0 Å². The molecule has 2 heterocycles. The van der Waals surface area contributed by atoms with Crippen LogP contribution < -0.4 is 10.9 Å². The van der Waals surface area contributed by atoms with Crippen molar-refractivity contribution < 1.29 is 4.79 Å². The molecule has 120 valence electrons. The number of amides is 1. The van der Waals surface area contributed by atoms with Crippen LogP contribution in [-0.2, 0) is 11.3 Å². The van der Waals surface area contributed by atoms with Crippen molar-refractivity contribution in [1.82, 2.24) is 14.9 Å². The second-order valence-electron chi connectivity index (χ2n) is 5.97. The van der Waals surface area contributed by atoms with E-state index in [9.17, 15) is 14.9 Å². The molecule has 0 radical (unpaired) electrons. The minimum Gasteiger partial charge on any atom is -0.336 e. The lowest BCUT2D eigenvalue weighted by atomic mass is 9.92. The summed E-state index contributed by atoms with van der Waals surface area (Å²) in [6.07, 6.45) is 6.81. The van der Waals surface area contributed by atoms with Crippen molar-refractivity contribution in [3.63, 3.8) is 0 Å². The van der Waals surface area contributed by atoms with E-state index in [1.807, 2.05) is 0 Å². The Bertz CT molecular complexity index is 809. The number of nitrogens with zero attached hydrogens (tertiary/aromatic N) is 3. The number of nitrogens with one attached hydrogen (secondary N) is 1. The average Bonchev–Trinajstić information content (AvgIpc) is 2.91. The number of hydrogen-bond acceptors (Lipinski definition) is 5. The lowest BCUT2D eigenvalue weighted by Crippen LogP contribution is -2.48. The molecule has 0 aromatic carbocycles. The lowest BCUT2D eigenvalue weighted by Gasteiger charge is -2.26. The highest BCUT2D eigenvalue weighted by Gasteiger charge is 2.32. The Labute approximate surface area is 137 Å². The van der Waals surface area contributed by atoms with E-state index >= 15 is 0 Å². The summed E-state index contributed by atoms with van der Waals surface area (Å²) >= 11 is 1.32. The molecule has 1 amide bonds. The monoisotopic (exact) mass is 330 g/mol. The Morgan fingerprint density at radius 3 is 2.83 bits per heavy atom. The number of aromatic nitrogens is 2. The standard InChI is InChI=1S/C16H18N4O2S/c17-10-16(6-3-1-2-4-7-16)19-13(21)9-20-11-18-12-5-8-23-14(12)15(20)22/h5,8,11H,1-4,6-7,9H2,(H,19,21). The van der Waals surface area contributed by atoms with Gasteiger partial charge in [-0.15, -0.1) is 11.3 Å². The summed E-state index contributed by atoms with van der Waals surface area (Å²) < 4.78 is 1.85. The van der Waals surface area contributed by atoms with Gasteiger partial charge in [0.25, 0.3) is 5.56 Å². The van der Waals surface area contributed by atoms with E-state index in [1.165, 1.54) is 22.2 Å². The molecule has 23 heavy (non-hydrogen) atoms. The van der Waals surface area contributed by atoms with E-state index < -0.39 is 5.54 Å². The van der Waals surface area contributed by atoms with Crippen molar-refractivity contribution in [1.29, 1.82) is 5.26 Å². The first-order valence-corrected chi connectivity index (χ1v) is 8.66. The topological polar surface area (TPSA) is 87.8 Å². The smallest absolute Gasteiger partial charge is 0.271 e. The van der Waals surface area contributed by atoms with Crippen LogP contribution in [0.25, 0.3) is 10.2 Å². The van der Waals surface area contributed by atoms with Gasteiger partial charge in [-0.2, -0.15) is 5.26 Å². The van der Waals surface area contributed by atoms with Crippen molar-refractivity contribution in [3.8, 4) is 6.07 Å². The fourth-order valence-corrected chi connectivity index (χ4v) is 3.84. The highest BCUT2D eigenvalue weighted by molar-refractivity contribution is 7.17. The maximum Gasteiger partial charge on any atom is 0.271 e. The molecule has 1 saturated carbocycles. The van der Waals surface area contributed by atoms with E-state index in [-0.39, 0.29) is 18.0 Å². The summed E-state index contributed by atoms with van der Waals surface area (Å²) in [6.45, 7) is -0.108. The molecule has 0 unspecified atom stereocenters. The van der Waals surface area contributed by atoms with Crippen molar-refractivity contribution in [2.24, 2.45) is 0 Å². The Morgan fingerprint density at radius 1 is 1.39 bits per heavy atom. The van der Waals surface area contributed by atoms with Crippen LogP contribution in [0.1, 0.15) is 38.5 Å². The largest absolute Gasteiger partial charge is 0.336 e. The molecule has 2 aromatic heterocycles. The third-order valence-electron chi connectivity index (χ3n) is 4.30. The first kappa shape index (κ1) is 15.7. The minimum atomic E-state index is -0.794. The normalized spacial score (nSPS) is 17.3. The predicted molar refractivity (Wildman–Crippen MR) is 88.1 cm³/mol. The number of rotatable bonds is 3. The van der Waals surface area contributed by atoms with Gasteiger partial charge in [-0.05, 0) is 24.3 Å². The first-order valence-electron chi connectivity index (χ1n) is 7.78. The number of hydrogen-bond donors (Lipinski definition) is 1. The number of nitriles is 1. The molecule has 1 aliphatic rings. The summed E-state index contributed by atoms with van der Waals surface area (Å²) in [5.74, 6) is -0.312. The molecule has 0 atom stereocenters. The first-order chi connectivity index (χ1) is 11.1. The van der Waals surface area contributed by atoms with Gasteiger partial charge in [0.2, 0.25) is 5.91 Å². The molecule has 0 bridgehead atoms. The SMILES string of the molecule is N#CC1(NC(=O)Cn2cnc3ccsc3c2=O)CCCCCC1. The Balaban J connectivity index is 1.76. The molecule has 0 saturated heterocycles. The fraction of sp³-hybridized carbons (Fsp3) is 0.500. The average molecular weight is 330 g/mol. The van der Waals surface area contributed by atoms with Crippen LogP contribution in [-0.4, -0.2) is 21.0 Å². The molecular formula is C16H18N4O2S. The molecular weight excluding hydrogens is 312 g/mol. The molecule has 6 nitrogen and oxygen atoms in total. The van der Waals surface area contributed by atoms with E-state index in [0.29, 0.717) is 23.1 Å². The summed E-state index contributed by atoms with van der Waals surface area (Å²) in [7, 11) is 0. The fourth-order valence-electron chi connectivity index (χ4n) is 3.05. The Hall–Kier alpha value is -2.20. The van der Waals surface area contributed by atoms with Gasteiger partial charge < -0.3 is 5.32 Å². The molecule has 2 aromatic rings. The zero-order valence-electron chi connectivity index (χ0n) is 12.7. The quantitative estimate of drug-likeness (QED) is 0.874. The van der Waals surface area contributed by atoms with Crippen LogP contribution in [0.15, 0.2) is 22.6 Å². The van der Waals surface area contributed by atoms with Crippen molar-refractivity contribution in [2.75, 3.05) is 0 Å².